The minimum absolute atomic E-state index is 0.109. The first-order valence-corrected chi connectivity index (χ1v) is 19.6. The van der Waals surface area contributed by atoms with Gasteiger partial charge in [0.15, 0.2) is 30.2 Å². The zero-order chi connectivity index (χ0) is 40.8. The first-order chi connectivity index (χ1) is 27.1. The van der Waals surface area contributed by atoms with E-state index in [0.717, 1.165) is 19.4 Å². The third kappa shape index (κ3) is 8.36. The predicted molar refractivity (Wildman–Crippen MR) is 191 cm³/mol. The molecule has 0 amide bonds. The third-order valence-corrected chi connectivity index (χ3v) is 12.0. The molecule has 314 valence electrons. The van der Waals surface area contributed by atoms with Crippen molar-refractivity contribution in [3.8, 4) is 0 Å². The molecule has 0 unspecified atom stereocenters. The van der Waals surface area contributed by atoms with Crippen LogP contribution in [0.15, 0.2) is 36.4 Å². The number of aliphatic hydroxyl groups excluding tert-OH is 3. The smallest absolute Gasteiger partial charge is 0.331 e. The van der Waals surface area contributed by atoms with Gasteiger partial charge in [-0.1, -0.05) is 37.3 Å². The molecule has 1 saturated carbocycles. The van der Waals surface area contributed by atoms with Crippen LogP contribution in [0.3, 0.4) is 0 Å². The number of epoxide rings is 1. The summed E-state index contributed by atoms with van der Waals surface area (Å²) in [5.41, 5.74) is 0.102. The van der Waals surface area contributed by atoms with E-state index in [1.165, 1.54) is 19.9 Å². The minimum atomic E-state index is -1.73. The van der Waals surface area contributed by atoms with Crippen molar-refractivity contribution in [2.75, 3.05) is 13.2 Å². The molecule has 0 bridgehead atoms. The number of carbonyl (C=O) groups is 4. The number of hydrogen-bond donors (Lipinski definition) is 3. The van der Waals surface area contributed by atoms with Gasteiger partial charge in [0, 0.05) is 38.2 Å². The molecule has 6 fully saturated rings. The second kappa shape index (κ2) is 16.6. The Labute approximate surface area is 329 Å². The molecule has 57 heavy (non-hydrogen) atoms. The molecule has 5 saturated heterocycles. The Balaban J connectivity index is 1.04. The van der Waals surface area contributed by atoms with Gasteiger partial charge in [0.1, 0.15) is 24.4 Å². The maximum Gasteiger partial charge on any atom is 0.331 e. The normalized spacial score (nSPS) is 44.0. The fraction of sp³-hybridized carbons (Fsp3) is 0.700. The van der Waals surface area contributed by atoms with Crippen molar-refractivity contribution in [2.24, 2.45) is 17.8 Å². The lowest BCUT2D eigenvalue weighted by atomic mass is 9.72. The summed E-state index contributed by atoms with van der Waals surface area (Å²) in [5, 5.41) is 32.7. The van der Waals surface area contributed by atoms with Crippen LogP contribution >= 0.6 is 0 Å². The maximum atomic E-state index is 14.0. The van der Waals surface area contributed by atoms with Gasteiger partial charge in [0.25, 0.3) is 0 Å². The average Bonchev–Trinajstić information content (AvgIpc) is 3.94. The first kappa shape index (κ1) is 41.6. The molecule has 6 aliphatic rings. The fourth-order valence-electron chi connectivity index (χ4n) is 8.85. The zero-order valence-electron chi connectivity index (χ0n) is 32.5. The standard InChI is InChI=1S/C40H52O17/c1-19-17-48-40(16-28(19)54-29(43)14-11-24-9-7-6-8-10-24)39(18-49-39)26-13-12-25(15-27(26)57-40)36(47)56-38-35(34(53-23(5)42)31(45)21(3)51-38)55-37-32(46)33(52-22(4)41)30(44)20(2)50-37/h6-11,14,19-21,25-28,30-35,37-38,44-46H,12-13,15-18H2,1-5H3/b14-11+/t19-,20+,21-,25-,26-,27+,28+,30-,31+,32-,33-,34+,35+,37-,38+,39-,40-/m1/s1. The van der Waals surface area contributed by atoms with E-state index in [9.17, 15) is 34.5 Å². The van der Waals surface area contributed by atoms with Gasteiger partial charge in [0.2, 0.25) is 12.1 Å². The Morgan fingerprint density at radius 1 is 0.789 bits per heavy atom. The molecule has 5 heterocycles. The van der Waals surface area contributed by atoms with E-state index in [0.29, 0.717) is 19.4 Å². The van der Waals surface area contributed by atoms with Gasteiger partial charge >= 0.3 is 23.9 Å². The number of fused-ring (bicyclic) bond motifs is 3. The number of rotatable bonds is 9. The van der Waals surface area contributed by atoms with Gasteiger partial charge in [0.05, 0.1) is 37.4 Å². The molecule has 17 atom stereocenters. The van der Waals surface area contributed by atoms with E-state index >= 15 is 0 Å². The summed E-state index contributed by atoms with van der Waals surface area (Å²) in [6, 6.07) is 9.42. The molecule has 7 rings (SSSR count). The van der Waals surface area contributed by atoms with Crippen molar-refractivity contribution in [1.82, 2.24) is 0 Å². The number of hydrogen-bond acceptors (Lipinski definition) is 17. The van der Waals surface area contributed by atoms with Crippen molar-refractivity contribution < 1.29 is 81.9 Å². The molecule has 0 aromatic heterocycles. The summed E-state index contributed by atoms with van der Waals surface area (Å²) in [5.74, 6) is -4.80. The van der Waals surface area contributed by atoms with Crippen LogP contribution in [-0.4, -0.2) is 137 Å². The van der Waals surface area contributed by atoms with E-state index in [4.69, 9.17) is 47.4 Å². The number of esters is 4. The summed E-state index contributed by atoms with van der Waals surface area (Å²) in [7, 11) is 0. The van der Waals surface area contributed by atoms with Gasteiger partial charge in [-0.3, -0.25) is 14.4 Å². The molecule has 17 nitrogen and oxygen atoms in total. The largest absolute Gasteiger partial charge is 0.459 e. The topological polar surface area (TPSA) is 225 Å². The van der Waals surface area contributed by atoms with Crippen LogP contribution in [-0.2, 0) is 66.5 Å². The van der Waals surface area contributed by atoms with Crippen molar-refractivity contribution in [3.63, 3.8) is 0 Å². The van der Waals surface area contributed by atoms with Crippen LogP contribution in [0.25, 0.3) is 6.08 Å². The second-order valence-corrected chi connectivity index (χ2v) is 16.0. The Hall–Kier alpha value is -3.52. The zero-order valence-corrected chi connectivity index (χ0v) is 32.5. The number of ether oxygens (including phenoxy) is 10. The van der Waals surface area contributed by atoms with Crippen molar-refractivity contribution in [3.05, 3.63) is 42.0 Å². The molecule has 0 radical (unpaired) electrons. The quantitative estimate of drug-likeness (QED) is 0.139. The second-order valence-electron chi connectivity index (χ2n) is 16.0. The van der Waals surface area contributed by atoms with Gasteiger partial charge in [-0.05, 0) is 44.7 Å². The van der Waals surface area contributed by atoms with E-state index in [-0.39, 0.29) is 31.3 Å². The van der Waals surface area contributed by atoms with Crippen LogP contribution in [0, 0.1) is 17.8 Å². The monoisotopic (exact) mass is 804 g/mol. The summed E-state index contributed by atoms with van der Waals surface area (Å²) in [4.78, 5) is 50.9. The van der Waals surface area contributed by atoms with Gasteiger partial charge in [-0.15, -0.1) is 0 Å². The average molecular weight is 805 g/mol. The molecule has 3 N–H and O–H groups in total. The highest BCUT2D eigenvalue weighted by Crippen LogP contribution is 2.62. The van der Waals surface area contributed by atoms with Crippen LogP contribution in [0.5, 0.6) is 0 Å². The number of benzene rings is 1. The maximum absolute atomic E-state index is 14.0. The lowest BCUT2D eigenvalue weighted by Gasteiger charge is -2.46. The Bertz CT molecular complexity index is 1670. The molecule has 5 aliphatic heterocycles. The minimum Gasteiger partial charge on any atom is -0.459 e. The molecule has 1 aliphatic carbocycles. The highest BCUT2D eigenvalue weighted by Gasteiger charge is 2.76. The van der Waals surface area contributed by atoms with Gasteiger partial charge < -0.3 is 62.7 Å². The van der Waals surface area contributed by atoms with E-state index in [2.05, 4.69) is 0 Å². The Morgan fingerprint density at radius 2 is 1.44 bits per heavy atom. The third-order valence-electron chi connectivity index (χ3n) is 12.0. The number of aliphatic hydroxyl groups is 3. The lowest BCUT2D eigenvalue weighted by molar-refractivity contribution is -0.358. The summed E-state index contributed by atoms with van der Waals surface area (Å²) in [6.45, 7) is 7.81. The van der Waals surface area contributed by atoms with E-state index in [1.54, 1.807) is 6.08 Å². The van der Waals surface area contributed by atoms with Crippen LogP contribution in [0.1, 0.15) is 65.9 Å². The molecular formula is C40H52O17. The van der Waals surface area contributed by atoms with Crippen molar-refractivity contribution in [2.45, 2.75) is 145 Å². The molecular weight excluding hydrogens is 752 g/mol. The highest BCUT2D eigenvalue weighted by molar-refractivity contribution is 5.87. The molecule has 1 aromatic rings. The SMILES string of the molecule is CC(=O)O[C@H]1[C@@H](O)[C@@H](O[C@@H]2[C@H](OC(=O)[C@@H]3CC[C@@H]4[C@H](C3)O[C@]3(C[C@H](OC(=O)/C=C/c5ccccc5)[C@H](C)CO3)[C@@]43CO3)O[C@H](C)[C@H](O)[C@@H]2OC(C)=O)O[C@@H](C)[C@H]1O. The first-order valence-electron chi connectivity index (χ1n) is 19.6. The van der Waals surface area contributed by atoms with Crippen LogP contribution in [0.4, 0.5) is 0 Å². The van der Waals surface area contributed by atoms with Crippen LogP contribution < -0.4 is 0 Å². The van der Waals surface area contributed by atoms with E-state index in [1.807, 2.05) is 37.3 Å². The van der Waals surface area contributed by atoms with Gasteiger partial charge in [-0.2, -0.15) is 0 Å². The summed E-state index contributed by atoms with van der Waals surface area (Å²) in [6.07, 6.45) is -10.6. The highest BCUT2D eigenvalue weighted by atomic mass is 16.8. The molecule has 2 spiro atoms. The Morgan fingerprint density at radius 3 is 2.11 bits per heavy atom. The Kier molecular flexibility index (Phi) is 12.1. The molecule has 17 heteroatoms. The summed E-state index contributed by atoms with van der Waals surface area (Å²) < 4.78 is 59.4. The molecule has 1 aromatic carbocycles. The van der Waals surface area contributed by atoms with Crippen molar-refractivity contribution in [1.29, 1.82) is 0 Å². The van der Waals surface area contributed by atoms with Gasteiger partial charge in [-0.25, -0.2) is 4.79 Å². The predicted octanol–water partition coefficient (Wildman–Crippen LogP) is 1.31. The van der Waals surface area contributed by atoms with Crippen molar-refractivity contribution >= 4 is 30.0 Å². The lowest BCUT2D eigenvalue weighted by Crippen LogP contribution is -2.64. The fourth-order valence-corrected chi connectivity index (χ4v) is 8.85. The van der Waals surface area contributed by atoms with Crippen LogP contribution in [0.2, 0.25) is 0 Å². The van der Waals surface area contributed by atoms with E-state index < -0.39 is 115 Å². The summed E-state index contributed by atoms with van der Waals surface area (Å²) >= 11 is 0. The number of carbonyl (C=O) groups excluding carboxylic acids is 4.